The van der Waals surface area contributed by atoms with Crippen molar-refractivity contribution in [2.75, 3.05) is 11.1 Å². The molecule has 1 aromatic heterocycles. The van der Waals surface area contributed by atoms with Crippen LogP contribution in [0.1, 0.15) is 68.1 Å². The summed E-state index contributed by atoms with van der Waals surface area (Å²) in [6.45, 7) is 4.43. The number of aromatic nitrogens is 3. The van der Waals surface area contributed by atoms with E-state index in [1.807, 2.05) is 0 Å². The highest BCUT2D eigenvalue weighted by molar-refractivity contribution is 7.99. The van der Waals surface area contributed by atoms with Gasteiger partial charge in [0.25, 0.3) is 0 Å². The van der Waals surface area contributed by atoms with Gasteiger partial charge >= 0.3 is 0 Å². The predicted molar refractivity (Wildman–Crippen MR) is 107 cm³/mol. The van der Waals surface area contributed by atoms with E-state index >= 15 is 0 Å². The van der Waals surface area contributed by atoms with Gasteiger partial charge in [0.15, 0.2) is 10.9 Å². The Hall–Kier alpha value is -2.15. The van der Waals surface area contributed by atoms with Gasteiger partial charge in [0.1, 0.15) is 5.82 Å². The first-order chi connectivity index (χ1) is 13.1. The Balaban J connectivity index is 1.58. The summed E-state index contributed by atoms with van der Waals surface area (Å²) in [7, 11) is 0. The summed E-state index contributed by atoms with van der Waals surface area (Å²) in [6, 6.07) is 6.93. The van der Waals surface area contributed by atoms with Gasteiger partial charge in [-0.3, -0.25) is 9.59 Å². The standard InChI is InChI=1S/C20H26N4O2S/c1-3-24-19(16-7-5-4-6-8-16)22-23-20(24)27-13-18(26)21-17-11-9-15(10-12-17)14(2)25/h9-12,16H,3-8,13H2,1-2H3,(H,21,26). The lowest BCUT2D eigenvalue weighted by Crippen LogP contribution is -2.15. The quantitative estimate of drug-likeness (QED) is 0.568. The molecule has 1 aliphatic rings. The second-order valence-corrected chi connectivity index (χ2v) is 7.83. The van der Waals surface area contributed by atoms with Gasteiger partial charge in [0.05, 0.1) is 5.75 Å². The molecule has 3 rings (SSSR count). The minimum atomic E-state index is -0.0968. The van der Waals surface area contributed by atoms with Crippen LogP contribution in [0.15, 0.2) is 29.4 Å². The van der Waals surface area contributed by atoms with Crippen LogP contribution in [-0.2, 0) is 11.3 Å². The molecule has 1 N–H and O–H groups in total. The van der Waals surface area contributed by atoms with Crippen molar-refractivity contribution >= 4 is 29.1 Å². The van der Waals surface area contributed by atoms with Crippen LogP contribution >= 0.6 is 11.8 Å². The average molecular weight is 387 g/mol. The van der Waals surface area contributed by atoms with Crippen LogP contribution in [0.4, 0.5) is 5.69 Å². The molecule has 1 heterocycles. The molecular weight excluding hydrogens is 360 g/mol. The number of hydrogen-bond acceptors (Lipinski definition) is 5. The second-order valence-electron chi connectivity index (χ2n) is 6.89. The SMILES string of the molecule is CCn1c(SCC(=O)Nc2ccc(C(C)=O)cc2)nnc1C1CCCCC1. The van der Waals surface area contributed by atoms with E-state index in [0.29, 0.717) is 17.2 Å². The lowest BCUT2D eigenvalue weighted by molar-refractivity contribution is -0.113. The number of carbonyl (C=O) groups excluding carboxylic acids is 2. The fourth-order valence-corrected chi connectivity index (χ4v) is 4.29. The maximum Gasteiger partial charge on any atom is 0.234 e. The second kappa shape index (κ2) is 9.17. The van der Waals surface area contributed by atoms with Crippen molar-refractivity contribution in [1.82, 2.24) is 14.8 Å². The molecular formula is C20H26N4O2S. The molecule has 1 aliphatic carbocycles. The summed E-state index contributed by atoms with van der Waals surface area (Å²) in [5, 5.41) is 12.4. The number of Topliss-reactive ketones (excluding diaryl/α,β-unsaturated/α-hetero) is 1. The van der Waals surface area contributed by atoms with E-state index in [0.717, 1.165) is 17.5 Å². The zero-order chi connectivity index (χ0) is 19.2. The first-order valence-electron chi connectivity index (χ1n) is 9.55. The number of benzene rings is 1. The molecule has 1 aromatic carbocycles. The topological polar surface area (TPSA) is 76.9 Å². The van der Waals surface area contributed by atoms with Gasteiger partial charge in [-0.15, -0.1) is 10.2 Å². The Morgan fingerprint density at radius 2 is 1.85 bits per heavy atom. The number of rotatable bonds is 7. The molecule has 0 saturated heterocycles. The number of carbonyl (C=O) groups is 2. The molecule has 144 valence electrons. The predicted octanol–water partition coefficient (Wildman–Crippen LogP) is 4.28. The van der Waals surface area contributed by atoms with Crippen LogP contribution < -0.4 is 5.32 Å². The van der Waals surface area contributed by atoms with E-state index in [9.17, 15) is 9.59 Å². The fourth-order valence-electron chi connectivity index (χ4n) is 3.48. The number of ketones is 1. The summed E-state index contributed by atoms with van der Waals surface area (Å²) in [4.78, 5) is 23.6. The zero-order valence-electron chi connectivity index (χ0n) is 15.9. The van der Waals surface area contributed by atoms with E-state index in [1.54, 1.807) is 24.3 Å². The van der Waals surface area contributed by atoms with Crippen LogP contribution in [0, 0.1) is 0 Å². The van der Waals surface area contributed by atoms with Gasteiger partial charge in [-0.25, -0.2) is 0 Å². The highest BCUT2D eigenvalue weighted by Crippen LogP contribution is 2.33. The molecule has 7 heteroatoms. The summed E-state index contributed by atoms with van der Waals surface area (Å²) < 4.78 is 2.15. The van der Waals surface area contributed by atoms with E-state index in [4.69, 9.17) is 0 Å². The van der Waals surface area contributed by atoms with E-state index in [2.05, 4.69) is 27.0 Å². The Bertz CT molecular complexity index is 795. The Labute approximate surface area is 164 Å². The van der Waals surface area contributed by atoms with Crippen LogP contribution in [0.3, 0.4) is 0 Å². The summed E-state index contributed by atoms with van der Waals surface area (Å²) in [5.41, 5.74) is 1.32. The van der Waals surface area contributed by atoms with Gasteiger partial charge in [0, 0.05) is 23.7 Å². The lowest BCUT2D eigenvalue weighted by Gasteiger charge is -2.21. The Morgan fingerprint density at radius 1 is 1.15 bits per heavy atom. The lowest BCUT2D eigenvalue weighted by atomic mass is 9.89. The molecule has 1 fully saturated rings. The van der Waals surface area contributed by atoms with Crippen molar-refractivity contribution in [3.8, 4) is 0 Å². The smallest absolute Gasteiger partial charge is 0.234 e. The summed E-state index contributed by atoms with van der Waals surface area (Å²) in [6.07, 6.45) is 6.19. The molecule has 0 aliphatic heterocycles. The fraction of sp³-hybridized carbons (Fsp3) is 0.500. The molecule has 6 nitrogen and oxygen atoms in total. The third-order valence-corrected chi connectivity index (χ3v) is 5.91. The van der Waals surface area contributed by atoms with Crippen LogP contribution in [0.2, 0.25) is 0 Å². The van der Waals surface area contributed by atoms with Crippen molar-refractivity contribution in [3.63, 3.8) is 0 Å². The first kappa shape index (κ1) is 19.6. The van der Waals surface area contributed by atoms with Gasteiger partial charge in [0.2, 0.25) is 5.91 Å². The average Bonchev–Trinajstić information content (AvgIpc) is 3.10. The van der Waals surface area contributed by atoms with Crippen molar-refractivity contribution in [1.29, 1.82) is 0 Å². The van der Waals surface area contributed by atoms with Gasteiger partial charge < -0.3 is 9.88 Å². The van der Waals surface area contributed by atoms with Gasteiger partial charge in [-0.2, -0.15) is 0 Å². The molecule has 0 radical (unpaired) electrons. The van der Waals surface area contributed by atoms with E-state index in [1.165, 1.54) is 50.8 Å². The monoisotopic (exact) mass is 386 g/mol. The number of anilines is 1. The maximum atomic E-state index is 12.3. The first-order valence-corrected chi connectivity index (χ1v) is 10.5. The molecule has 0 unspecified atom stereocenters. The van der Waals surface area contributed by atoms with Crippen molar-refractivity contribution in [3.05, 3.63) is 35.7 Å². The molecule has 0 atom stereocenters. The normalized spacial score (nSPS) is 14.9. The van der Waals surface area contributed by atoms with Crippen LogP contribution in [0.5, 0.6) is 0 Å². The Kier molecular flexibility index (Phi) is 6.66. The number of thioether (sulfide) groups is 1. The molecule has 1 saturated carbocycles. The Morgan fingerprint density at radius 3 is 2.48 bits per heavy atom. The van der Waals surface area contributed by atoms with Crippen molar-refractivity contribution in [2.45, 2.75) is 63.6 Å². The number of hydrogen-bond donors (Lipinski definition) is 1. The number of nitrogens with one attached hydrogen (secondary N) is 1. The van der Waals surface area contributed by atoms with E-state index in [-0.39, 0.29) is 17.4 Å². The highest BCUT2D eigenvalue weighted by atomic mass is 32.2. The minimum Gasteiger partial charge on any atom is -0.325 e. The van der Waals surface area contributed by atoms with Crippen LogP contribution in [-0.4, -0.2) is 32.2 Å². The molecule has 2 aromatic rings. The molecule has 1 amide bonds. The van der Waals surface area contributed by atoms with Gasteiger partial charge in [-0.1, -0.05) is 31.0 Å². The van der Waals surface area contributed by atoms with Crippen molar-refractivity contribution in [2.24, 2.45) is 0 Å². The third-order valence-electron chi connectivity index (χ3n) is 4.94. The summed E-state index contributed by atoms with van der Waals surface area (Å²) >= 11 is 1.42. The maximum absolute atomic E-state index is 12.3. The van der Waals surface area contributed by atoms with Gasteiger partial charge in [-0.05, 0) is 51.0 Å². The molecule has 0 bridgehead atoms. The minimum absolute atomic E-state index is 0.0103. The number of amides is 1. The molecule has 0 spiro atoms. The van der Waals surface area contributed by atoms with Crippen molar-refractivity contribution < 1.29 is 9.59 Å². The van der Waals surface area contributed by atoms with E-state index < -0.39 is 0 Å². The zero-order valence-corrected chi connectivity index (χ0v) is 16.7. The summed E-state index contributed by atoms with van der Waals surface area (Å²) in [5.74, 6) is 1.75. The van der Waals surface area contributed by atoms with Crippen LogP contribution in [0.25, 0.3) is 0 Å². The highest BCUT2D eigenvalue weighted by Gasteiger charge is 2.23. The molecule has 27 heavy (non-hydrogen) atoms. The largest absolute Gasteiger partial charge is 0.325 e. The third kappa shape index (κ3) is 4.97. The number of nitrogens with zero attached hydrogens (tertiary/aromatic N) is 3.